The lowest BCUT2D eigenvalue weighted by Crippen LogP contribution is -2.47. The summed E-state index contributed by atoms with van der Waals surface area (Å²) < 4.78 is 0. The van der Waals surface area contributed by atoms with Gasteiger partial charge in [0.25, 0.3) is 0 Å². The topological polar surface area (TPSA) is 32.3 Å². The van der Waals surface area contributed by atoms with Gasteiger partial charge in [-0.2, -0.15) is 0 Å². The number of rotatable bonds is 4. The SMILES string of the molecule is CCC1CC1NC(C)C(=O)N1CCCCC1. The van der Waals surface area contributed by atoms with Crippen LogP contribution in [0.2, 0.25) is 0 Å². The van der Waals surface area contributed by atoms with Crippen LogP contribution in [0.5, 0.6) is 0 Å². The normalized spacial score (nSPS) is 31.2. The van der Waals surface area contributed by atoms with E-state index >= 15 is 0 Å². The third-order valence-corrected chi connectivity index (χ3v) is 3.95. The first-order valence-electron chi connectivity index (χ1n) is 6.77. The van der Waals surface area contributed by atoms with Gasteiger partial charge >= 0.3 is 0 Å². The van der Waals surface area contributed by atoms with Gasteiger partial charge in [-0.1, -0.05) is 13.3 Å². The van der Waals surface area contributed by atoms with E-state index in [9.17, 15) is 4.79 Å². The molecule has 3 unspecified atom stereocenters. The van der Waals surface area contributed by atoms with Crippen molar-refractivity contribution < 1.29 is 4.79 Å². The molecule has 1 saturated carbocycles. The zero-order valence-corrected chi connectivity index (χ0v) is 10.5. The molecule has 0 aromatic heterocycles. The zero-order valence-electron chi connectivity index (χ0n) is 10.5. The fraction of sp³-hybridized carbons (Fsp3) is 0.923. The lowest BCUT2D eigenvalue weighted by Gasteiger charge is -2.29. The molecule has 3 heteroatoms. The predicted molar refractivity (Wildman–Crippen MR) is 65.2 cm³/mol. The molecule has 0 spiro atoms. The number of likely N-dealkylation sites (tertiary alicyclic amines) is 1. The minimum atomic E-state index is 0.0136. The molecule has 2 aliphatic rings. The quantitative estimate of drug-likeness (QED) is 0.789. The van der Waals surface area contributed by atoms with Crippen molar-refractivity contribution in [2.45, 2.75) is 58.0 Å². The predicted octanol–water partition coefficient (Wildman–Crippen LogP) is 1.78. The lowest BCUT2D eigenvalue weighted by atomic mass is 10.1. The molecule has 1 N–H and O–H groups in total. The number of carbonyl (C=O) groups excluding carboxylic acids is 1. The summed E-state index contributed by atoms with van der Waals surface area (Å²) in [7, 11) is 0. The molecule has 16 heavy (non-hydrogen) atoms. The van der Waals surface area contributed by atoms with Crippen LogP contribution in [0.25, 0.3) is 0 Å². The molecule has 1 amide bonds. The van der Waals surface area contributed by atoms with Gasteiger partial charge in [0.2, 0.25) is 5.91 Å². The molecular weight excluding hydrogens is 200 g/mol. The van der Waals surface area contributed by atoms with Crippen molar-refractivity contribution in [3.05, 3.63) is 0 Å². The van der Waals surface area contributed by atoms with E-state index in [-0.39, 0.29) is 6.04 Å². The number of piperidine rings is 1. The van der Waals surface area contributed by atoms with Gasteiger partial charge < -0.3 is 10.2 Å². The highest BCUT2D eigenvalue weighted by Gasteiger charge is 2.37. The first-order valence-corrected chi connectivity index (χ1v) is 6.77. The van der Waals surface area contributed by atoms with Crippen LogP contribution < -0.4 is 5.32 Å². The standard InChI is InChI=1S/C13H24N2O/c1-3-11-9-12(11)14-10(2)13(16)15-7-5-4-6-8-15/h10-12,14H,3-9H2,1-2H3. The Morgan fingerprint density at radius 1 is 1.38 bits per heavy atom. The maximum Gasteiger partial charge on any atom is 0.239 e. The number of carbonyl (C=O) groups is 1. The van der Waals surface area contributed by atoms with Crippen LogP contribution in [-0.4, -0.2) is 36.0 Å². The van der Waals surface area contributed by atoms with Gasteiger partial charge in [-0.05, 0) is 38.5 Å². The number of nitrogens with zero attached hydrogens (tertiary/aromatic N) is 1. The minimum Gasteiger partial charge on any atom is -0.341 e. The highest BCUT2D eigenvalue weighted by Crippen LogP contribution is 2.33. The molecule has 1 saturated heterocycles. The van der Waals surface area contributed by atoms with E-state index < -0.39 is 0 Å². The summed E-state index contributed by atoms with van der Waals surface area (Å²) in [5, 5.41) is 3.46. The molecule has 0 aromatic rings. The first-order chi connectivity index (χ1) is 7.72. The summed E-state index contributed by atoms with van der Waals surface area (Å²) >= 11 is 0. The monoisotopic (exact) mass is 224 g/mol. The second-order valence-corrected chi connectivity index (χ2v) is 5.28. The highest BCUT2D eigenvalue weighted by atomic mass is 16.2. The summed E-state index contributed by atoms with van der Waals surface area (Å²) in [6, 6.07) is 0.619. The Bertz CT molecular complexity index is 248. The van der Waals surface area contributed by atoms with Crippen molar-refractivity contribution in [2.75, 3.05) is 13.1 Å². The average molecular weight is 224 g/mol. The third-order valence-electron chi connectivity index (χ3n) is 3.95. The number of hydrogen-bond acceptors (Lipinski definition) is 2. The van der Waals surface area contributed by atoms with Crippen LogP contribution in [-0.2, 0) is 4.79 Å². The molecule has 0 aromatic carbocycles. The summed E-state index contributed by atoms with van der Waals surface area (Å²) in [6.07, 6.45) is 6.14. The Morgan fingerprint density at radius 3 is 2.62 bits per heavy atom. The van der Waals surface area contributed by atoms with Crippen molar-refractivity contribution in [1.82, 2.24) is 10.2 Å². The molecular formula is C13H24N2O. The fourth-order valence-electron chi connectivity index (χ4n) is 2.68. The largest absolute Gasteiger partial charge is 0.341 e. The van der Waals surface area contributed by atoms with Gasteiger partial charge in [0.1, 0.15) is 0 Å². The van der Waals surface area contributed by atoms with Crippen molar-refractivity contribution in [2.24, 2.45) is 5.92 Å². The summed E-state index contributed by atoms with van der Waals surface area (Å²) in [6.45, 7) is 6.17. The van der Waals surface area contributed by atoms with E-state index in [4.69, 9.17) is 0 Å². The Balaban J connectivity index is 1.75. The van der Waals surface area contributed by atoms with Gasteiger partial charge in [0, 0.05) is 19.1 Å². The highest BCUT2D eigenvalue weighted by molar-refractivity contribution is 5.81. The van der Waals surface area contributed by atoms with Crippen LogP contribution in [0.3, 0.4) is 0 Å². The number of nitrogens with one attached hydrogen (secondary N) is 1. The minimum absolute atomic E-state index is 0.0136. The second kappa shape index (κ2) is 5.17. The van der Waals surface area contributed by atoms with Crippen molar-refractivity contribution in [3.8, 4) is 0 Å². The van der Waals surface area contributed by atoms with E-state index in [1.54, 1.807) is 0 Å². The van der Waals surface area contributed by atoms with Gasteiger partial charge in [0.05, 0.1) is 6.04 Å². The van der Waals surface area contributed by atoms with E-state index in [1.807, 2.05) is 11.8 Å². The van der Waals surface area contributed by atoms with Crippen LogP contribution >= 0.6 is 0 Å². The summed E-state index contributed by atoms with van der Waals surface area (Å²) in [5.41, 5.74) is 0. The second-order valence-electron chi connectivity index (χ2n) is 5.28. The number of amides is 1. The fourth-order valence-corrected chi connectivity index (χ4v) is 2.68. The molecule has 0 radical (unpaired) electrons. The molecule has 2 rings (SSSR count). The lowest BCUT2D eigenvalue weighted by molar-refractivity contribution is -0.134. The van der Waals surface area contributed by atoms with Gasteiger partial charge in [0.15, 0.2) is 0 Å². The van der Waals surface area contributed by atoms with Crippen LogP contribution in [0, 0.1) is 5.92 Å². The molecule has 2 fully saturated rings. The van der Waals surface area contributed by atoms with Crippen LogP contribution in [0.1, 0.15) is 46.0 Å². The number of hydrogen-bond donors (Lipinski definition) is 1. The van der Waals surface area contributed by atoms with E-state index in [0.29, 0.717) is 11.9 Å². The molecule has 3 atom stereocenters. The first kappa shape index (κ1) is 11.9. The maximum atomic E-state index is 12.1. The maximum absolute atomic E-state index is 12.1. The molecule has 92 valence electrons. The summed E-state index contributed by atoms with van der Waals surface area (Å²) in [5.74, 6) is 1.12. The summed E-state index contributed by atoms with van der Waals surface area (Å²) in [4.78, 5) is 14.2. The van der Waals surface area contributed by atoms with Crippen molar-refractivity contribution >= 4 is 5.91 Å². The van der Waals surface area contributed by atoms with Gasteiger partial charge in [-0.3, -0.25) is 4.79 Å². The van der Waals surface area contributed by atoms with Gasteiger partial charge in [-0.25, -0.2) is 0 Å². The molecule has 1 aliphatic carbocycles. The Hall–Kier alpha value is -0.570. The molecule has 1 heterocycles. The van der Waals surface area contributed by atoms with Crippen molar-refractivity contribution in [1.29, 1.82) is 0 Å². The zero-order chi connectivity index (χ0) is 11.5. The average Bonchev–Trinajstić information content (AvgIpc) is 3.07. The van der Waals surface area contributed by atoms with E-state index in [0.717, 1.165) is 19.0 Å². The van der Waals surface area contributed by atoms with Crippen LogP contribution in [0.15, 0.2) is 0 Å². The Morgan fingerprint density at radius 2 is 2.06 bits per heavy atom. The van der Waals surface area contributed by atoms with E-state index in [1.165, 1.54) is 32.1 Å². The Labute approximate surface area is 98.6 Å². The van der Waals surface area contributed by atoms with Crippen molar-refractivity contribution in [3.63, 3.8) is 0 Å². The van der Waals surface area contributed by atoms with Crippen LogP contribution in [0.4, 0.5) is 0 Å². The van der Waals surface area contributed by atoms with E-state index in [2.05, 4.69) is 12.2 Å². The molecule has 1 aliphatic heterocycles. The third kappa shape index (κ3) is 2.76. The van der Waals surface area contributed by atoms with Gasteiger partial charge in [-0.15, -0.1) is 0 Å². The smallest absolute Gasteiger partial charge is 0.239 e. The Kier molecular flexibility index (Phi) is 3.85. The molecule has 0 bridgehead atoms. The molecule has 3 nitrogen and oxygen atoms in total.